The van der Waals surface area contributed by atoms with Crippen LogP contribution in [0.2, 0.25) is 0 Å². The third-order valence-corrected chi connectivity index (χ3v) is 5.13. The molecule has 1 saturated heterocycles. The van der Waals surface area contributed by atoms with Crippen molar-refractivity contribution in [1.29, 1.82) is 0 Å². The average molecular weight is 444 g/mol. The molecular weight excluding hydrogens is 420 g/mol. The van der Waals surface area contributed by atoms with Gasteiger partial charge in [-0.15, -0.1) is 0 Å². The van der Waals surface area contributed by atoms with Crippen molar-refractivity contribution in [2.75, 3.05) is 36.8 Å². The number of anilines is 3. The van der Waals surface area contributed by atoms with E-state index in [2.05, 4.69) is 25.5 Å². The van der Waals surface area contributed by atoms with Crippen LogP contribution >= 0.6 is 0 Å². The molecule has 3 aromatic rings. The van der Waals surface area contributed by atoms with Crippen molar-refractivity contribution >= 4 is 35.0 Å². The number of nitrogen functional groups attached to an aromatic ring is 1. The molecule has 3 heterocycles. The van der Waals surface area contributed by atoms with Gasteiger partial charge in [0.1, 0.15) is 18.3 Å². The molecule has 4 unspecified atom stereocenters. The van der Waals surface area contributed by atoms with Crippen LogP contribution in [0.15, 0.2) is 34.2 Å². The molecule has 0 aliphatic carbocycles. The van der Waals surface area contributed by atoms with Crippen molar-refractivity contribution in [3.63, 3.8) is 0 Å². The third-order valence-electron chi connectivity index (χ3n) is 5.13. The number of hydrogen-bond donors (Lipinski definition) is 6. The van der Waals surface area contributed by atoms with Gasteiger partial charge in [-0.3, -0.25) is 14.3 Å². The summed E-state index contributed by atoms with van der Waals surface area (Å²) >= 11 is 0. The van der Waals surface area contributed by atoms with E-state index in [1.165, 1.54) is 4.57 Å². The lowest BCUT2D eigenvalue weighted by Gasteiger charge is -2.18. The summed E-state index contributed by atoms with van der Waals surface area (Å²) in [6, 6.07) is 7.62. The molecule has 1 fully saturated rings. The topological polar surface area (TPSA) is 187 Å². The number of aromatic nitrogens is 4. The molecule has 170 valence electrons. The summed E-state index contributed by atoms with van der Waals surface area (Å²) < 4.78 is 6.87. The number of ether oxygens (including phenoxy) is 1. The number of nitrogens with zero attached hydrogens (tertiary/aromatic N) is 5. The Morgan fingerprint density at radius 3 is 2.62 bits per heavy atom. The number of imidazole rings is 1. The second kappa shape index (κ2) is 8.55. The van der Waals surface area contributed by atoms with Crippen molar-refractivity contribution in [1.82, 2.24) is 19.5 Å². The van der Waals surface area contributed by atoms with Crippen LogP contribution < -0.4 is 21.6 Å². The molecule has 1 aliphatic rings. The van der Waals surface area contributed by atoms with Crippen LogP contribution in [0, 0.1) is 0 Å². The minimum atomic E-state index is -1.42. The number of aliphatic hydroxyl groups is 3. The van der Waals surface area contributed by atoms with Gasteiger partial charge in [0, 0.05) is 19.8 Å². The summed E-state index contributed by atoms with van der Waals surface area (Å²) in [4.78, 5) is 24.9. The van der Waals surface area contributed by atoms with Crippen LogP contribution in [-0.2, 0) is 4.74 Å². The molecule has 4 rings (SSSR count). The monoisotopic (exact) mass is 444 g/mol. The Bertz CT molecular complexity index is 1190. The summed E-state index contributed by atoms with van der Waals surface area (Å²) in [7, 11) is 3.88. The van der Waals surface area contributed by atoms with Crippen molar-refractivity contribution < 1.29 is 20.1 Å². The van der Waals surface area contributed by atoms with Gasteiger partial charge in [-0.2, -0.15) is 10.1 Å². The summed E-state index contributed by atoms with van der Waals surface area (Å²) in [5, 5.41) is 34.2. The third kappa shape index (κ3) is 3.89. The van der Waals surface area contributed by atoms with Gasteiger partial charge in [-0.1, -0.05) is 12.1 Å². The van der Waals surface area contributed by atoms with E-state index in [9.17, 15) is 20.1 Å². The predicted molar refractivity (Wildman–Crippen MR) is 118 cm³/mol. The largest absolute Gasteiger partial charge is 0.394 e. The molecular formula is C19H24N8O5. The molecule has 2 aromatic heterocycles. The first kappa shape index (κ1) is 21.7. The maximum absolute atomic E-state index is 12.3. The number of H-pyrrole nitrogens is 1. The Morgan fingerprint density at radius 1 is 1.28 bits per heavy atom. The van der Waals surface area contributed by atoms with Crippen LogP contribution in [0.5, 0.6) is 0 Å². The van der Waals surface area contributed by atoms with Gasteiger partial charge in [0.25, 0.3) is 5.56 Å². The fourth-order valence-electron chi connectivity index (χ4n) is 3.44. The highest BCUT2D eigenvalue weighted by Gasteiger charge is 2.45. The minimum absolute atomic E-state index is 0.0223. The first-order valence-corrected chi connectivity index (χ1v) is 9.76. The number of benzene rings is 1. The maximum atomic E-state index is 12.3. The van der Waals surface area contributed by atoms with Gasteiger partial charge in [0.15, 0.2) is 17.4 Å². The van der Waals surface area contributed by atoms with E-state index in [1.807, 2.05) is 43.3 Å². The fourth-order valence-corrected chi connectivity index (χ4v) is 3.44. The van der Waals surface area contributed by atoms with Crippen molar-refractivity contribution in [3.8, 4) is 0 Å². The van der Waals surface area contributed by atoms with E-state index >= 15 is 0 Å². The van der Waals surface area contributed by atoms with Crippen LogP contribution in [0.3, 0.4) is 0 Å². The molecule has 1 aromatic carbocycles. The van der Waals surface area contributed by atoms with Crippen LogP contribution in [-0.4, -0.2) is 80.1 Å². The lowest BCUT2D eigenvalue weighted by Crippen LogP contribution is -2.33. The summed E-state index contributed by atoms with van der Waals surface area (Å²) in [6.07, 6.45) is -3.45. The first-order valence-electron chi connectivity index (χ1n) is 9.76. The average Bonchev–Trinajstić information content (AvgIpc) is 3.25. The molecule has 0 radical (unpaired) electrons. The summed E-state index contributed by atoms with van der Waals surface area (Å²) in [5.41, 5.74) is 9.60. The second-order valence-corrected chi connectivity index (χ2v) is 7.51. The van der Waals surface area contributed by atoms with Crippen molar-refractivity contribution in [2.45, 2.75) is 24.5 Å². The highest BCUT2D eigenvalue weighted by molar-refractivity contribution is 5.81. The van der Waals surface area contributed by atoms with Gasteiger partial charge in [0.2, 0.25) is 11.9 Å². The second-order valence-electron chi connectivity index (χ2n) is 7.51. The molecule has 0 bridgehead atoms. The van der Waals surface area contributed by atoms with Crippen LogP contribution in [0.4, 0.5) is 17.6 Å². The highest BCUT2D eigenvalue weighted by atomic mass is 16.6. The van der Waals surface area contributed by atoms with E-state index in [0.717, 1.165) is 11.3 Å². The maximum Gasteiger partial charge on any atom is 0.280 e. The van der Waals surface area contributed by atoms with E-state index in [-0.39, 0.29) is 23.1 Å². The quantitative estimate of drug-likeness (QED) is 0.200. The molecule has 1 aliphatic heterocycles. The van der Waals surface area contributed by atoms with Crippen molar-refractivity contribution in [3.05, 3.63) is 40.2 Å². The number of rotatable bonds is 6. The molecule has 0 spiro atoms. The predicted octanol–water partition coefficient (Wildman–Crippen LogP) is -1.17. The number of nitrogens with two attached hydrogens (primary N) is 1. The number of hydrogen-bond acceptors (Lipinski definition) is 11. The SMILES string of the molecule is CN(C)c1ccc(C=NNc2nc3c(=O)[nH]c(N)nc3n2C2OC(CO)C(O)C2O)cc1. The molecule has 4 atom stereocenters. The Balaban J connectivity index is 1.70. The minimum Gasteiger partial charge on any atom is -0.394 e. The van der Waals surface area contributed by atoms with E-state index in [1.54, 1.807) is 6.21 Å². The normalized spacial score (nSPS) is 23.3. The van der Waals surface area contributed by atoms with Gasteiger partial charge in [0.05, 0.1) is 12.8 Å². The Kier molecular flexibility index (Phi) is 5.80. The number of nitrogens with one attached hydrogen (secondary N) is 2. The van der Waals surface area contributed by atoms with Crippen LogP contribution in [0.1, 0.15) is 11.8 Å². The lowest BCUT2D eigenvalue weighted by molar-refractivity contribution is -0.0501. The van der Waals surface area contributed by atoms with Crippen molar-refractivity contribution in [2.24, 2.45) is 5.10 Å². The molecule has 7 N–H and O–H groups in total. The Labute approximate surface area is 181 Å². The van der Waals surface area contributed by atoms with Gasteiger partial charge < -0.3 is 30.7 Å². The molecule has 0 amide bonds. The number of aliphatic hydroxyl groups excluding tert-OH is 3. The Hall–Kier alpha value is -3.52. The smallest absolute Gasteiger partial charge is 0.280 e. The fraction of sp³-hybridized carbons (Fsp3) is 0.368. The summed E-state index contributed by atoms with van der Waals surface area (Å²) in [5.74, 6) is -0.133. The van der Waals surface area contributed by atoms with E-state index < -0.39 is 36.7 Å². The van der Waals surface area contributed by atoms with Gasteiger partial charge in [-0.25, -0.2) is 10.4 Å². The van der Waals surface area contributed by atoms with Gasteiger partial charge in [-0.05, 0) is 17.7 Å². The van der Waals surface area contributed by atoms with Crippen LogP contribution in [0.25, 0.3) is 11.2 Å². The molecule has 13 nitrogen and oxygen atoms in total. The zero-order valence-corrected chi connectivity index (χ0v) is 17.4. The highest BCUT2D eigenvalue weighted by Crippen LogP contribution is 2.33. The Morgan fingerprint density at radius 2 is 2.00 bits per heavy atom. The lowest BCUT2D eigenvalue weighted by atomic mass is 10.1. The molecule has 13 heteroatoms. The zero-order valence-electron chi connectivity index (χ0n) is 17.4. The van der Waals surface area contributed by atoms with E-state index in [4.69, 9.17) is 10.5 Å². The number of fused-ring (bicyclic) bond motifs is 1. The summed E-state index contributed by atoms with van der Waals surface area (Å²) in [6.45, 7) is -0.513. The first-order chi connectivity index (χ1) is 15.3. The number of hydrazone groups is 1. The molecule has 0 saturated carbocycles. The molecule has 32 heavy (non-hydrogen) atoms. The number of aromatic amines is 1. The zero-order chi connectivity index (χ0) is 23.0. The standard InChI is InChI=1S/C19H24N8O5/c1-26(2)10-5-3-9(4-6-10)7-21-25-19-22-12-15(23-18(20)24-16(12)31)27(19)17-14(30)13(29)11(8-28)32-17/h3-7,11,13-14,17,28-30H,8H2,1-2H3,(H,22,25)(H3,20,23,24,31). The van der Waals surface area contributed by atoms with E-state index in [0.29, 0.717) is 0 Å². The van der Waals surface area contributed by atoms with Gasteiger partial charge >= 0.3 is 0 Å².